The Labute approximate surface area is 171 Å². The molecule has 0 unspecified atom stereocenters. The molecule has 0 atom stereocenters. The summed E-state index contributed by atoms with van der Waals surface area (Å²) in [6.45, 7) is 6.40. The summed E-state index contributed by atoms with van der Waals surface area (Å²) >= 11 is 0. The number of aromatic nitrogens is 2. The minimum atomic E-state index is -0.0499. The van der Waals surface area contributed by atoms with Crippen LogP contribution in [0.1, 0.15) is 28.1 Å². The van der Waals surface area contributed by atoms with Gasteiger partial charge in [0.05, 0.1) is 11.0 Å². The topological polar surface area (TPSA) is 46.9 Å². The maximum absolute atomic E-state index is 12.9. The fourth-order valence-electron chi connectivity index (χ4n) is 3.70. The number of anilines is 1. The monoisotopic (exact) mass is 383 g/mol. The fourth-order valence-corrected chi connectivity index (χ4v) is 3.70. The van der Waals surface area contributed by atoms with Crippen molar-refractivity contribution < 1.29 is 4.79 Å². The SMILES string of the molecule is Cc1ccc(NC(=O)Cn2c(Cc3ccccc3C)nc3ccccc32)c(C)c1. The lowest BCUT2D eigenvalue weighted by atomic mass is 10.1. The van der Waals surface area contributed by atoms with Gasteiger partial charge in [0.2, 0.25) is 5.91 Å². The summed E-state index contributed by atoms with van der Waals surface area (Å²) in [6, 6.07) is 22.3. The first kappa shape index (κ1) is 18.9. The van der Waals surface area contributed by atoms with Crippen molar-refractivity contribution in [2.45, 2.75) is 33.7 Å². The minimum absolute atomic E-state index is 0.0499. The molecule has 0 bridgehead atoms. The van der Waals surface area contributed by atoms with E-state index in [1.807, 2.05) is 66.9 Å². The summed E-state index contributed by atoms with van der Waals surface area (Å²) < 4.78 is 2.03. The third kappa shape index (κ3) is 4.06. The first-order valence-corrected chi connectivity index (χ1v) is 9.87. The average molecular weight is 383 g/mol. The number of imidazole rings is 1. The Morgan fingerprint density at radius 2 is 1.69 bits per heavy atom. The van der Waals surface area contributed by atoms with E-state index in [0.717, 1.165) is 28.1 Å². The molecule has 146 valence electrons. The van der Waals surface area contributed by atoms with Crippen LogP contribution in [0.5, 0.6) is 0 Å². The van der Waals surface area contributed by atoms with Gasteiger partial charge in [-0.3, -0.25) is 4.79 Å². The zero-order chi connectivity index (χ0) is 20.4. The molecule has 1 amide bonds. The highest BCUT2D eigenvalue weighted by Crippen LogP contribution is 2.21. The summed E-state index contributed by atoms with van der Waals surface area (Å²) in [7, 11) is 0. The number of carbonyl (C=O) groups is 1. The lowest BCUT2D eigenvalue weighted by molar-refractivity contribution is -0.116. The van der Waals surface area contributed by atoms with Gasteiger partial charge in [0.15, 0.2) is 0 Å². The molecule has 0 aliphatic carbocycles. The number of benzene rings is 3. The van der Waals surface area contributed by atoms with Gasteiger partial charge in [-0.2, -0.15) is 0 Å². The van der Waals surface area contributed by atoms with Crippen molar-refractivity contribution in [3.63, 3.8) is 0 Å². The predicted octanol–water partition coefficient (Wildman–Crippen LogP) is 5.19. The summed E-state index contributed by atoms with van der Waals surface area (Å²) in [6.07, 6.45) is 0.693. The Bertz CT molecular complexity index is 1190. The number of para-hydroxylation sites is 2. The van der Waals surface area contributed by atoms with E-state index in [4.69, 9.17) is 4.98 Å². The Morgan fingerprint density at radius 3 is 2.48 bits per heavy atom. The van der Waals surface area contributed by atoms with Gasteiger partial charge in [-0.25, -0.2) is 4.98 Å². The van der Waals surface area contributed by atoms with Crippen LogP contribution in [0.3, 0.4) is 0 Å². The molecule has 0 radical (unpaired) electrons. The minimum Gasteiger partial charge on any atom is -0.324 e. The number of rotatable bonds is 5. The Kier molecular flexibility index (Phi) is 5.17. The van der Waals surface area contributed by atoms with Crippen LogP contribution in [0.2, 0.25) is 0 Å². The lowest BCUT2D eigenvalue weighted by Gasteiger charge is -2.13. The summed E-state index contributed by atoms with van der Waals surface area (Å²) in [5.74, 6) is 0.849. The van der Waals surface area contributed by atoms with E-state index in [0.29, 0.717) is 6.42 Å². The van der Waals surface area contributed by atoms with Gasteiger partial charge in [-0.15, -0.1) is 0 Å². The van der Waals surface area contributed by atoms with Crippen LogP contribution in [0.15, 0.2) is 66.7 Å². The van der Waals surface area contributed by atoms with E-state index in [1.54, 1.807) is 0 Å². The molecule has 0 fully saturated rings. The second-order valence-electron chi connectivity index (χ2n) is 7.57. The Morgan fingerprint density at radius 1 is 0.931 bits per heavy atom. The van der Waals surface area contributed by atoms with E-state index in [1.165, 1.54) is 16.7 Å². The van der Waals surface area contributed by atoms with E-state index in [-0.39, 0.29) is 12.5 Å². The molecule has 3 aromatic carbocycles. The van der Waals surface area contributed by atoms with Gasteiger partial charge >= 0.3 is 0 Å². The number of amides is 1. The van der Waals surface area contributed by atoms with Crippen LogP contribution >= 0.6 is 0 Å². The molecule has 29 heavy (non-hydrogen) atoms. The van der Waals surface area contributed by atoms with Gasteiger partial charge < -0.3 is 9.88 Å². The van der Waals surface area contributed by atoms with E-state index < -0.39 is 0 Å². The van der Waals surface area contributed by atoms with Crippen LogP contribution in [0.4, 0.5) is 5.69 Å². The number of hydrogen-bond donors (Lipinski definition) is 1. The Balaban J connectivity index is 1.65. The molecule has 0 aliphatic heterocycles. The second-order valence-corrected chi connectivity index (χ2v) is 7.57. The van der Waals surface area contributed by atoms with Crippen molar-refractivity contribution in [3.8, 4) is 0 Å². The summed E-state index contributed by atoms with van der Waals surface area (Å²) in [4.78, 5) is 17.7. The predicted molar refractivity (Wildman–Crippen MR) is 118 cm³/mol. The molecule has 0 saturated carbocycles. The number of aryl methyl sites for hydroxylation is 3. The second kappa shape index (κ2) is 7.92. The highest BCUT2D eigenvalue weighted by molar-refractivity contribution is 5.92. The maximum Gasteiger partial charge on any atom is 0.244 e. The molecule has 0 saturated heterocycles. The Hall–Kier alpha value is -3.40. The largest absolute Gasteiger partial charge is 0.324 e. The van der Waals surface area contributed by atoms with Gasteiger partial charge in [0.1, 0.15) is 12.4 Å². The molecule has 4 aromatic rings. The smallest absolute Gasteiger partial charge is 0.244 e. The van der Waals surface area contributed by atoms with Crippen molar-refractivity contribution >= 4 is 22.6 Å². The highest BCUT2D eigenvalue weighted by atomic mass is 16.1. The van der Waals surface area contributed by atoms with Gasteiger partial charge in [0, 0.05) is 12.1 Å². The number of nitrogens with zero attached hydrogens (tertiary/aromatic N) is 2. The summed E-state index contributed by atoms with van der Waals surface area (Å²) in [5, 5.41) is 3.06. The fraction of sp³-hybridized carbons (Fsp3) is 0.200. The molecule has 4 rings (SSSR count). The molecule has 1 aromatic heterocycles. The molecule has 1 heterocycles. The zero-order valence-electron chi connectivity index (χ0n) is 17.1. The lowest BCUT2D eigenvalue weighted by Crippen LogP contribution is -2.21. The van der Waals surface area contributed by atoms with Crippen LogP contribution in [0, 0.1) is 20.8 Å². The van der Waals surface area contributed by atoms with Crippen molar-refractivity contribution in [2.75, 3.05) is 5.32 Å². The zero-order valence-corrected chi connectivity index (χ0v) is 17.1. The standard InChI is InChI=1S/C25H25N3O/c1-17-12-13-21(19(3)14-17)27-25(29)16-28-23-11-7-6-10-22(23)26-24(28)15-20-9-5-4-8-18(20)2/h4-14H,15-16H2,1-3H3,(H,27,29). The third-order valence-corrected chi connectivity index (χ3v) is 5.30. The number of nitrogens with one attached hydrogen (secondary N) is 1. The van der Waals surface area contributed by atoms with E-state index >= 15 is 0 Å². The van der Waals surface area contributed by atoms with Gasteiger partial charge in [-0.1, -0.05) is 54.1 Å². The number of carbonyl (C=O) groups excluding carboxylic acids is 1. The third-order valence-electron chi connectivity index (χ3n) is 5.30. The van der Waals surface area contributed by atoms with Crippen LogP contribution in [-0.2, 0) is 17.8 Å². The normalized spacial score (nSPS) is 11.0. The first-order chi connectivity index (χ1) is 14.0. The van der Waals surface area contributed by atoms with Crippen molar-refractivity contribution in [2.24, 2.45) is 0 Å². The van der Waals surface area contributed by atoms with Crippen molar-refractivity contribution in [1.82, 2.24) is 9.55 Å². The number of fused-ring (bicyclic) bond motifs is 1. The highest BCUT2D eigenvalue weighted by Gasteiger charge is 2.15. The molecule has 1 N–H and O–H groups in total. The van der Waals surface area contributed by atoms with Gasteiger partial charge in [0.25, 0.3) is 0 Å². The van der Waals surface area contributed by atoms with Crippen molar-refractivity contribution in [3.05, 3.63) is 94.8 Å². The molecular weight excluding hydrogens is 358 g/mol. The maximum atomic E-state index is 12.9. The van der Waals surface area contributed by atoms with E-state index in [2.05, 4.69) is 30.4 Å². The molecule has 0 spiro atoms. The average Bonchev–Trinajstić information content (AvgIpc) is 3.03. The molecule has 4 nitrogen and oxygen atoms in total. The molecule has 4 heteroatoms. The quantitative estimate of drug-likeness (QED) is 0.515. The molecule has 0 aliphatic rings. The van der Waals surface area contributed by atoms with E-state index in [9.17, 15) is 4.79 Å². The van der Waals surface area contributed by atoms with Crippen LogP contribution in [-0.4, -0.2) is 15.5 Å². The van der Waals surface area contributed by atoms with Crippen LogP contribution in [0.25, 0.3) is 11.0 Å². The van der Waals surface area contributed by atoms with Crippen molar-refractivity contribution in [1.29, 1.82) is 0 Å². The van der Waals surface area contributed by atoms with Crippen LogP contribution < -0.4 is 5.32 Å². The molecular formula is C25H25N3O. The first-order valence-electron chi connectivity index (χ1n) is 9.87. The van der Waals surface area contributed by atoms with Gasteiger partial charge in [-0.05, 0) is 55.7 Å². The number of hydrogen-bond acceptors (Lipinski definition) is 2. The summed E-state index contributed by atoms with van der Waals surface area (Å²) in [5.41, 5.74) is 7.44.